The zero-order valence-electron chi connectivity index (χ0n) is 20.3. The Morgan fingerprint density at radius 2 is 2.03 bits per heavy atom. The molecule has 0 aliphatic rings. The van der Waals surface area contributed by atoms with Crippen LogP contribution in [0.2, 0.25) is 0 Å². The normalized spacial score (nSPS) is 14.2. The van der Waals surface area contributed by atoms with E-state index in [4.69, 9.17) is 7.26 Å². The first-order valence-electron chi connectivity index (χ1n) is 11.1. The fourth-order valence-corrected chi connectivity index (χ4v) is 3.13. The minimum absolute atomic E-state index is 0.0303. The molecule has 0 bridgehead atoms. The van der Waals surface area contributed by atoms with Crippen molar-refractivity contribution >= 4 is 11.6 Å². The minimum Gasteiger partial charge on any atom is -0.373 e. The van der Waals surface area contributed by atoms with E-state index in [0.717, 1.165) is 6.07 Å². The maximum atomic E-state index is 14.5. The summed E-state index contributed by atoms with van der Waals surface area (Å²) in [5, 5.41) is 19.9. The molecule has 0 saturated heterocycles. The molecular formula is C22H17F5N6O3. The lowest BCUT2D eigenvalue weighted by atomic mass is 9.99. The van der Waals surface area contributed by atoms with Crippen LogP contribution in [-0.4, -0.2) is 54.1 Å². The summed E-state index contributed by atoms with van der Waals surface area (Å²) in [6, 6.07) is 4.46. The van der Waals surface area contributed by atoms with Gasteiger partial charge in [0, 0.05) is 11.6 Å². The molecule has 188 valence electrons. The van der Waals surface area contributed by atoms with Crippen molar-refractivity contribution in [2.75, 3.05) is 11.9 Å². The largest absolute Gasteiger partial charge is 0.426 e. The Morgan fingerprint density at radius 3 is 2.69 bits per heavy atom. The molecule has 0 aliphatic heterocycles. The van der Waals surface area contributed by atoms with Crippen LogP contribution in [0.25, 0.3) is 22.9 Å². The quantitative estimate of drug-likeness (QED) is 0.345. The van der Waals surface area contributed by atoms with E-state index in [1.165, 1.54) is 29.1 Å². The van der Waals surface area contributed by atoms with Crippen LogP contribution in [0.5, 0.6) is 0 Å². The Labute approximate surface area is 202 Å². The summed E-state index contributed by atoms with van der Waals surface area (Å²) in [6.07, 6.45) is -3.43. The summed E-state index contributed by atoms with van der Waals surface area (Å²) in [4.78, 5) is 19.1. The zero-order valence-corrected chi connectivity index (χ0v) is 18.3. The van der Waals surface area contributed by atoms with Gasteiger partial charge in [0.25, 0.3) is 0 Å². The lowest BCUT2D eigenvalue weighted by Crippen LogP contribution is -2.56. The number of aromatic nitrogens is 5. The SMILES string of the molecule is [2H]c1cc([2H])c(F)c(Cn2nc(-c3ncc(F)c(NC[C@@](O)(C(C)=O)C(F)(F)F)n3)cc2-c2ccon2)c1. The first-order valence-corrected chi connectivity index (χ1v) is 10.1. The predicted molar refractivity (Wildman–Crippen MR) is 114 cm³/mol. The van der Waals surface area contributed by atoms with Crippen LogP contribution in [0.15, 0.2) is 53.3 Å². The molecule has 0 fully saturated rings. The summed E-state index contributed by atoms with van der Waals surface area (Å²) < 4.78 is 90.0. The number of nitrogens with one attached hydrogen (secondary N) is 1. The number of Topliss-reactive ketones (excluding diaryl/α,β-unsaturated/α-hetero) is 1. The van der Waals surface area contributed by atoms with Gasteiger partial charge in [-0.25, -0.2) is 18.7 Å². The van der Waals surface area contributed by atoms with E-state index in [1.807, 2.05) is 5.32 Å². The second-order valence-electron chi connectivity index (χ2n) is 7.55. The number of hydrogen-bond donors (Lipinski definition) is 2. The van der Waals surface area contributed by atoms with Crippen LogP contribution < -0.4 is 5.32 Å². The molecule has 1 aromatic carbocycles. The van der Waals surface area contributed by atoms with Crippen molar-refractivity contribution in [2.45, 2.75) is 25.2 Å². The number of carbonyl (C=O) groups is 1. The highest BCUT2D eigenvalue weighted by atomic mass is 19.4. The van der Waals surface area contributed by atoms with Crippen LogP contribution in [0, 0.1) is 11.6 Å². The Kier molecular flexibility index (Phi) is 5.85. The number of anilines is 1. The van der Waals surface area contributed by atoms with Crippen molar-refractivity contribution in [1.82, 2.24) is 24.9 Å². The fraction of sp³-hybridized carbons (Fsp3) is 0.227. The molecule has 4 aromatic rings. The molecule has 0 radical (unpaired) electrons. The molecular weight excluding hydrogens is 491 g/mol. The van der Waals surface area contributed by atoms with Gasteiger partial charge in [-0.2, -0.15) is 18.3 Å². The summed E-state index contributed by atoms with van der Waals surface area (Å²) in [5.74, 6) is -4.68. The number of nitrogens with zero attached hydrogens (tertiary/aromatic N) is 5. The standard InChI is InChI=1S/C22H17F5N6O3/c1-12(34)21(35,22(25,26)27)11-29-19-15(24)9-28-20(30-19)17-8-18(16-6-7-36-32-16)33(31-17)10-13-4-2-3-5-14(13)23/h2-9,35H,10-11H2,1H3,(H,28,29,30)/t21-/m1/s1/i2D,5D. The number of benzene rings is 1. The van der Waals surface area contributed by atoms with Crippen LogP contribution in [0.4, 0.5) is 27.8 Å². The molecule has 0 amide bonds. The van der Waals surface area contributed by atoms with E-state index < -0.39 is 47.6 Å². The Balaban J connectivity index is 1.71. The molecule has 1 atom stereocenters. The molecule has 14 heteroatoms. The number of aliphatic hydroxyl groups is 1. The first kappa shape index (κ1) is 22.3. The highest BCUT2D eigenvalue weighted by Gasteiger charge is 2.57. The molecule has 3 heterocycles. The third-order valence-electron chi connectivity index (χ3n) is 5.16. The topological polar surface area (TPSA) is 119 Å². The maximum absolute atomic E-state index is 14.5. The summed E-state index contributed by atoms with van der Waals surface area (Å²) >= 11 is 0. The number of hydrogen-bond acceptors (Lipinski definition) is 8. The van der Waals surface area contributed by atoms with Gasteiger partial charge in [0.2, 0.25) is 5.60 Å². The van der Waals surface area contributed by atoms with Crippen molar-refractivity contribution < 1.29 is 39.1 Å². The van der Waals surface area contributed by atoms with E-state index in [1.54, 1.807) is 0 Å². The number of halogens is 5. The van der Waals surface area contributed by atoms with Crippen LogP contribution in [0.3, 0.4) is 0 Å². The number of ketones is 1. The lowest BCUT2D eigenvalue weighted by Gasteiger charge is -2.28. The van der Waals surface area contributed by atoms with Gasteiger partial charge in [0.15, 0.2) is 23.2 Å². The molecule has 0 unspecified atom stereocenters. The number of carbonyl (C=O) groups excluding carboxylic acids is 1. The average Bonchev–Trinajstić information content (AvgIpc) is 3.50. The van der Waals surface area contributed by atoms with Gasteiger partial charge in [0.05, 0.1) is 27.7 Å². The van der Waals surface area contributed by atoms with Gasteiger partial charge in [-0.3, -0.25) is 9.48 Å². The smallest absolute Gasteiger partial charge is 0.373 e. The third kappa shape index (κ3) is 4.79. The molecule has 3 aromatic heterocycles. The van der Waals surface area contributed by atoms with Crippen LogP contribution in [-0.2, 0) is 11.3 Å². The Bertz CT molecular complexity index is 1500. The van der Waals surface area contributed by atoms with Crippen molar-refractivity contribution in [3.8, 4) is 22.9 Å². The summed E-state index contributed by atoms with van der Waals surface area (Å²) in [5.41, 5.74) is -3.37. The van der Waals surface area contributed by atoms with Gasteiger partial charge in [0.1, 0.15) is 23.5 Å². The first-order chi connectivity index (χ1) is 17.8. The Hall–Kier alpha value is -4.20. The van der Waals surface area contributed by atoms with Crippen molar-refractivity contribution in [1.29, 1.82) is 0 Å². The van der Waals surface area contributed by atoms with Crippen LogP contribution in [0.1, 0.15) is 15.2 Å². The van der Waals surface area contributed by atoms with Gasteiger partial charge in [-0.1, -0.05) is 23.3 Å². The zero-order chi connectivity index (χ0) is 27.8. The number of rotatable bonds is 8. The minimum atomic E-state index is -5.34. The molecule has 0 saturated carbocycles. The van der Waals surface area contributed by atoms with Gasteiger partial charge in [-0.05, 0) is 19.0 Å². The summed E-state index contributed by atoms with van der Waals surface area (Å²) in [7, 11) is 0. The van der Waals surface area contributed by atoms with Crippen molar-refractivity contribution in [3.05, 3.63) is 66.0 Å². The second kappa shape index (κ2) is 9.45. The summed E-state index contributed by atoms with van der Waals surface area (Å²) in [6.45, 7) is -1.15. The van der Waals surface area contributed by atoms with Crippen LogP contribution >= 0.6 is 0 Å². The molecule has 0 spiro atoms. The fourth-order valence-electron chi connectivity index (χ4n) is 3.13. The van der Waals surface area contributed by atoms with E-state index in [9.17, 15) is 31.9 Å². The van der Waals surface area contributed by atoms with Gasteiger partial charge < -0.3 is 14.9 Å². The van der Waals surface area contributed by atoms with E-state index in [2.05, 4.69) is 20.2 Å². The van der Waals surface area contributed by atoms with Gasteiger partial charge in [-0.15, -0.1) is 0 Å². The van der Waals surface area contributed by atoms with E-state index in [0.29, 0.717) is 13.1 Å². The van der Waals surface area contributed by atoms with Gasteiger partial charge >= 0.3 is 6.18 Å². The maximum Gasteiger partial charge on any atom is 0.426 e. The van der Waals surface area contributed by atoms with Crippen molar-refractivity contribution in [2.24, 2.45) is 0 Å². The molecule has 2 N–H and O–H groups in total. The molecule has 36 heavy (non-hydrogen) atoms. The second-order valence-corrected chi connectivity index (χ2v) is 7.55. The number of alkyl halides is 3. The third-order valence-corrected chi connectivity index (χ3v) is 5.16. The predicted octanol–water partition coefficient (Wildman–Crippen LogP) is 3.62. The van der Waals surface area contributed by atoms with E-state index in [-0.39, 0.29) is 41.1 Å². The monoisotopic (exact) mass is 510 g/mol. The molecule has 0 aliphatic carbocycles. The van der Waals surface area contributed by atoms with Crippen molar-refractivity contribution in [3.63, 3.8) is 0 Å². The highest BCUT2D eigenvalue weighted by molar-refractivity contribution is 5.86. The molecule has 9 nitrogen and oxygen atoms in total. The lowest BCUT2D eigenvalue weighted by molar-refractivity contribution is -0.244. The molecule has 4 rings (SSSR count). The Morgan fingerprint density at radius 1 is 1.25 bits per heavy atom. The average molecular weight is 510 g/mol. The highest BCUT2D eigenvalue weighted by Crippen LogP contribution is 2.32. The van der Waals surface area contributed by atoms with E-state index >= 15 is 0 Å².